The van der Waals surface area contributed by atoms with Crippen LogP contribution in [0, 0.1) is 10.1 Å². The SMILES string of the molecule is CCC1=C(C(=S)OCc2ccc([N+](=O)[O-])cc2)N2C(=O)/C(=C/c3ccccc3)C2S1. The smallest absolute Gasteiger partial charge is 0.269 e. The molecule has 2 aliphatic rings. The van der Waals surface area contributed by atoms with Crippen LogP contribution in [0.2, 0.25) is 0 Å². The van der Waals surface area contributed by atoms with Crippen LogP contribution in [-0.2, 0) is 16.1 Å². The highest BCUT2D eigenvalue weighted by atomic mass is 32.2. The summed E-state index contributed by atoms with van der Waals surface area (Å²) >= 11 is 7.12. The molecule has 0 aromatic heterocycles. The Morgan fingerprint density at radius 1 is 1.23 bits per heavy atom. The standard InChI is InChI=1S/C22H18N2O4S2/c1-2-18-19(22(29)28-13-15-8-10-16(11-9-15)24(26)27)23-20(25)17(21(23)30-18)12-14-6-4-3-5-7-14/h3-12,21H,2,13H2,1H3/b17-12-. The van der Waals surface area contributed by atoms with E-state index in [2.05, 4.69) is 0 Å². The second-order valence-electron chi connectivity index (χ2n) is 6.78. The summed E-state index contributed by atoms with van der Waals surface area (Å²) in [5.74, 6) is -0.0592. The third-order valence-corrected chi connectivity index (χ3v) is 6.64. The molecule has 8 heteroatoms. The monoisotopic (exact) mass is 438 g/mol. The predicted octanol–water partition coefficient (Wildman–Crippen LogP) is 5.06. The number of β-lactam (4-membered cyclic amide) rings is 1. The van der Waals surface area contributed by atoms with Crippen LogP contribution in [0.3, 0.4) is 0 Å². The Kier molecular flexibility index (Phi) is 5.69. The molecule has 30 heavy (non-hydrogen) atoms. The highest BCUT2D eigenvalue weighted by molar-refractivity contribution is 8.04. The van der Waals surface area contributed by atoms with E-state index >= 15 is 0 Å². The van der Waals surface area contributed by atoms with Crippen molar-refractivity contribution in [2.45, 2.75) is 25.3 Å². The first-order chi connectivity index (χ1) is 14.5. The fourth-order valence-corrected chi connectivity index (χ4v) is 5.03. The Morgan fingerprint density at radius 2 is 1.93 bits per heavy atom. The van der Waals surface area contributed by atoms with E-state index in [4.69, 9.17) is 17.0 Å². The number of thiocarbonyl (C=S) groups is 1. The van der Waals surface area contributed by atoms with Crippen LogP contribution < -0.4 is 0 Å². The van der Waals surface area contributed by atoms with Crippen molar-refractivity contribution < 1.29 is 14.5 Å². The molecule has 1 unspecified atom stereocenters. The Balaban J connectivity index is 1.47. The molecular weight excluding hydrogens is 420 g/mol. The van der Waals surface area contributed by atoms with E-state index in [-0.39, 0.29) is 28.6 Å². The number of hydrogen-bond donors (Lipinski definition) is 0. The summed E-state index contributed by atoms with van der Waals surface area (Å²) in [5, 5.41) is 11.0. The van der Waals surface area contributed by atoms with Gasteiger partial charge in [0.2, 0.25) is 5.05 Å². The third-order valence-electron chi connectivity index (χ3n) is 4.88. The number of nitro groups is 1. The van der Waals surface area contributed by atoms with Gasteiger partial charge in [-0.15, -0.1) is 0 Å². The zero-order chi connectivity index (χ0) is 21.3. The topological polar surface area (TPSA) is 72.7 Å². The van der Waals surface area contributed by atoms with Crippen molar-refractivity contribution in [1.29, 1.82) is 0 Å². The van der Waals surface area contributed by atoms with Gasteiger partial charge in [-0.25, -0.2) is 0 Å². The minimum Gasteiger partial charge on any atom is -0.477 e. The molecule has 2 aliphatic heterocycles. The summed E-state index contributed by atoms with van der Waals surface area (Å²) < 4.78 is 5.78. The quantitative estimate of drug-likeness (QED) is 0.206. The van der Waals surface area contributed by atoms with Gasteiger partial charge in [0, 0.05) is 17.0 Å². The second-order valence-corrected chi connectivity index (χ2v) is 8.33. The molecule has 2 aromatic carbocycles. The first-order valence-corrected chi connectivity index (χ1v) is 10.7. The highest BCUT2D eigenvalue weighted by Gasteiger charge is 2.51. The molecule has 0 bridgehead atoms. The molecule has 1 amide bonds. The molecule has 152 valence electrons. The van der Waals surface area contributed by atoms with Gasteiger partial charge < -0.3 is 4.74 Å². The molecular formula is C22H18N2O4S2. The molecule has 0 N–H and O–H groups in total. The first kappa shape index (κ1) is 20.3. The molecule has 6 nitrogen and oxygen atoms in total. The summed E-state index contributed by atoms with van der Waals surface area (Å²) in [6.07, 6.45) is 2.67. The maximum Gasteiger partial charge on any atom is 0.269 e. The molecule has 0 radical (unpaired) electrons. The van der Waals surface area contributed by atoms with E-state index < -0.39 is 4.92 Å². The van der Waals surface area contributed by atoms with Crippen LogP contribution in [0.5, 0.6) is 0 Å². The van der Waals surface area contributed by atoms with Crippen molar-refractivity contribution in [2.75, 3.05) is 0 Å². The summed E-state index contributed by atoms with van der Waals surface area (Å²) in [7, 11) is 0. The van der Waals surface area contributed by atoms with Gasteiger partial charge in [0.05, 0.1) is 10.5 Å². The number of allylic oxidation sites excluding steroid dienone is 1. The fourth-order valence-electron chi connectivity index (χ4n) is 3.34. The van der Waals surface area contributed by atoms with Gasteiger partial charge in [-0.1, -0.05) is 49.0 Å². The molecule has 1 atom stereocenters. The molecule has 2 aromatic rings. The predicted molar refractivity (Wildman–Crippen MR) is 120 cm³/mol. The summed E-state index contributed by atoms with van der Waals surface area (Å²) in [5.41, 5.74) is 3.20. The lowest BCUT2D eigenvalue weighted by Gasteiger charge is -2.38. The van der Waals surface area contributed by atoms with Crippen molar-refractivity contribution in [3.63, 3.8) is 0 Å². The lowest BCUT2D eigenvalue weighted by Crippen LogP contribution is -2.51. The minimum atomic E-state index is -0.445. The molecule has 4 rings (SSSR count). The average Bonchev–Trinajstić information content (AvgIpc) is 3.12. The van der Waals surface area contributed by atoms with E-state index in [0.717, 1.165) is 28.0 Å². The maximum atomic E-state index is 12.8. The normalized spacial score (nSPS) is 19.0. The minimum absolute atomic E-state index is 0.0243. The van der Waals surface area contributed by atoms with Gasteiger partial charge in [0.1, 0.15) is 17.7 Å². The number of carbonyl (C=O) groups is 1. The highest BCUT2D eigenvalue weighted by Crippen LogP contribution is 2.50. The van der Waals surface area contributed by atoms with Gasteiger partial charge in [-0.05, 0) is 48.0 Å². The van der Waals surface area contributed by atoms with Gasteiger partial charge in [-0.2, -0.15) is 0 Å². The van der Waals surface area contributed by atoms with Crippen molar-refractivity contribution in [1.82, 2.24) is 4.90 Å². The van der Waals surface area contributed by atoms with Gasteiger partial charge in [0.15, 0.2) is 0 Å². The van der Waals surface area contributed by atoms with Crippen LogP contribution in [0.4, 0.5) is 5.69 Å². The van der Waals surface area contributed by atoms with Crippen LogP contribution in [0.1, 0.15) is 24.5 Å². The Labute approximate surface area is 183 Å². The van der Waals surface area contributed by atoms with Crippen LogP contribution in [0.15, 0.2) is 70.8 Å². The molecule has 0 saturated carbocycles. The zero-order valence-corrected chi connectivity index (χ0v) is 17.7. The van der Waals surface area contributed by atoms with E-state index in [1.165, 1.54) is 12.1 Å². The maximum absolute atomic E-state index is 12.8. The summed E-state index contributed by atoms with van der Waals surface area (Å²) in [6.45, 7) is 2.21. The average molecular weight is 439 g/mol. The lowest BCUT2D eigenvalue weighted by atomic mass is 10.0. The number of hydrogen-bond acceptors (Lipinski definition) is 6. The van der Waals surface area contributed by atoms with Crippen LogP contribution in [-0.4, -0.2) is 26.2 Å². The summed E-state index contributed by atoms with van der Waals surface area (Å²) in [6, 6.07) is 15.9. The number of amides is 1. The van der Waals surface area contributed by atoms with Crippen molar-refractivity contribution in [3.05, 3.63) is 92.0 Å². The van der Waals surface area contributed by atoms with Crippen molar-refractivity contribution >= 4 is 46.7 Å². The number of benzene rings is 2. The fraction of sp³-hybridized carbons (Fsp3) is 0.182. The first-order valence-electron chi connectivity index (χ1n) is 9.40. The number of non-ortho nitro benzene ring substituents is 1. The van der Waals surface area contributed by atoms with Crippen LogP contribution in [0.25, 0.3) is 6.08 Å². The Bertz CT molecular complexity index is 1080. The lowest BCUT2D eigenvalue weighted by molar-refractivity contribution is -0.384. The molecule has 0 aliphatic carbocycles. The van der Waals surface area contributed by atoms with E-state index in [1.807, 2.05) is 43.3 Å². The summed E-state index contributed by atoms with van der Waals surface area (Å²) in [4.78, 5) is 25.9. The molecule has 0 spiro atoms. The van der Waals surface area contributed by atoms with Crippen molar-refractivity contribution in [2.24, 2.45) is 0 Å². The number of fused-ring (bicyclic) bond motifs is 1. The number of nitro benzene ring substituents is 1. The van der Waals surface area contributed by atoms with E-state index in [9.17, 15) is 14.9 Å². The third kappa shape index (κ3) is 3.76. The van der Waals surface area contributed by atoms with Gasteiger partial charge >= 0.3 is 0 Å². The van der Waals surface area contributed by atoms with E-state index in [1.54, 1.807) is 28.8 Å². The van der Waals surface area contributed by atoms with Gasteiger partial charge in [0.25, 0.3) is 11.6 Å². The van der Waals surface area contributed by atoms with Crippen LogP contribution >= 0.6 is 24.0 Å². The largest absolute Gasteiger partial charge is 0.477 e. The number of carbonyl (C=O) groups excluding carboxylic acids is 1. The number of thioether (sulfide) groups is 1. The second kappa shape index (κ2) is 8.41. The van der Waals surface area contributed by atoms with Gasteiger partial charge in [-0.3, -0.25) is 19.8 Å². The molecule has 2 heterocycles. The number of nitrogens with zero attached hydrogens (tertiary/aromatic N) is 2. The Hall–Kier alpha value is -2.97. The molecule has 1 fully saturated rings. The number of rotatable bonds is 6. The van der Waals surface area contributed by atoms with E-state index in [0.29, 0.717) is 5.70 Å². The zero-order valence-electron chi connectivity index (χ0n) is 16.1. The van der Waals surface area contributed by atoms with Crippen molar-refractivity contribution in [3.8, 4) is 0 Å². The molecule has 1 saturated heterocycles. The number of ether oxygens (including phenoxy) is 1. The Morgan fingerprint density at radius 3 is 2.57 bits per heavy atom.